The number of piperidine rings is 1. The number of hydrogen-bond donors (Lipinski definition) is 4. The Hall–Kier alpha value is -2.42. The van der Waals surface area contributed by atoms with Crippen LogP contribution in [0.5, 0.6) is 0 Å². The predicted molar refractivity (Wildman–Crippen MR) is 110 cm³/mol. The highest BCUT2D eigenvalue weighted by Gasteiger charge is 2.30. The highest BCUT2D eigenvalue weighted by atomic mass is 32.2. The summed E-state index contributed by atoms with van der Waals surface area (Å²) in [6.45, 7) is 0.428. The van der Waals surface area contributed by atoms with Gasteiger partial charge in [0.05, 0.1) is 5.70 Å². The highest BCUT2D eigenvalue weighted by Crippen LogP contribution is 2.38. The number of carbonyl (C=O) groups excluding carboxylic acids is 1. The second-order valence-electron chi connectivity index (χ2n) is 7.75. The summed E-state index contributed by atoms with van der Waals surface area (Å²) in [5.74, 6) is 0. The van der Waals surface area contributed by atoms with Gasteiger partial charge in [0.15, 0.2) is 0 Å². The number of fused-ring (bicyclic) bond motifs is 2. The van der Waals surface area contributed by atoms with Gasteiger partial charge in [0.1, 0.15) is 11.1 Å². The number of nitrogens with one attached hydrogen (secondary N) is 4. The predicted octanol–water partition coefficient (Wildman–Crippen LogP) is 2.70. The van der Waals surface area contributed by atoms with Gasteiger partial charge in [-0.25, -0.2) is 22.3 Å². The van der Waals surface area contributed by atoms with E-state index in [1.165, 1.54) is 11.1 Å². The van der Waals surface area contributed by atoms with E-state index in [1.54, 1.807) is 0 Å². The molecule has 7 nitrogen and oxygen atoms in total. The number of sulfonamides is 1. The lowest BCUT2D eigenvalue weighted by Crippen LogP contribution is -2.39. The van der Waals surface area contributed by atoms with Crippen molar-refractivity contribution in [3.63, 3.8) is 0 Å². The molecule has 0 saturated carbocycles. The number of carbonyl (C=O) groups is 1. The number of anilines is 1. The van der Waals surface area contributed by atoms with E-state index >= 15 is 0 Å². The van der Waals surface area contributed by atoms with Crippen LogP contribution in [0.25, 0.3) is 0 Å². The Morgan fingerprint density at radius 3 is 2.38 bits per heavy atom. The number of urea groups is 1. The molecule has 9 heteroatoms. The standard InChI is InChI=1S/C20H25FN4O3S/c21-16-8-3-9-23-19(16)17(11-22)29(27,28)25-20(26)24-18-14-6-1-4-12(14)10-13-5-2-7-15(13)18/h10-11,16,22-23H,1-9H2,(H2,24,25,26)/b19-17+,22-11?. The molecule has 1 aromatic carbocycles. The van der Waals surface area contributed by atoms with Crippen LogP contribution in [0.3, 0.4) is 0 Å². The summed E-state index contributed by atoms with van der Waals surface area (Å²) in [6, 6.07) is 1.34. The van der Waals surface area contributed by atoms with E-state index in [1.807, 2.05) is 4.72 Å². The number of halogens is 1. The number of allylic oxidation sites excluding steroid dienone is 2. The van der Waals surface area contributed by atoms with Crippen molar-refractivity contribution in [2.45, 2.75) is 57.5 Å². The molecule has 0 aromatic heterocycles. The summed E-state index contributed by atoms with van der Waals surface area (Å²) in [5.41, 5.74) is 5.18. The van der Waals surface area contributed by atoms with Gasteiger partial charge in [0.2, 0.25) is 0 Å². The zero-order chi connectivity index (χ0) is 20.6. The zero-order valence-electron chi connectivity index (χ0n) is 16.1. The Morgan fingerprint density at radius 2 is 1.79 bits per heavy atom. The molecule has 1 atom stereocenters. The maximum Gasteiger partial charge on any atom is 0.333 e. The van der Waals surface area contributed by atoms with E-state index in [2.05, 4.69) is 16.7 Å². The van der Waals surface area contributed by atoms with Crippen molar-refractivity contribution >= 4 is 28.0 Å². The Morgan fingerprint density at radius 1 is 1.14 bits per heavy atom. The fraction of sp³-hybridized carbons (Fsp3) is 0.500. The molecule has 29 heavy (non-hydrogen) atoms. The van der Waals surface area contributed by atoms with Gasteiger partial charge in [-0.3, -0.25) is 0 Å². The summed E-state index contributed by atoms with van der Waals surface area (Å²) in [7, 11) is -4.38. The third kappa shape index (κ3) is 3.75. The second kappa shape index (κ2) is 7.78. The summed E-state index contributed by atoms with van der Waals surface area (Å²) in [5, 5.41) is 12.9. The lowest BCUT2D eigenvalue weighted by molar-refractivity contribution is 0.256. The van der Waals surface area contributed by atoms with Gasteiger partial charge in [-0.15, -0.1) is 0 Å². The van der Waals surface area contributed by atoms with Crippen molar-refractivity contribution in [1.29, 1.82) is 5.41 Å². The first-order chi connectivity index (χ1) is 13.9. The Bertz CT molecular complexity index is 971. The fourth-order valence-corrected chi connectivity index (χ4v) is 5.63. The molecule has 1 saturated heterocycles. The average molecular weight is 421 g/mol. The third-order valence-corrected chi connectivity index (χ3v) is 7.26. The number of rotatable bonds is 4. The van der Waals surface area contributed by atoms with Gasteiger partial charge < -0.3 is 16.0 Å². The minimum absolute atomic E-state index is 0.159. The molecule has 4 rings (SSSR count). The van der Waals surface area contributed by atoms with E-state index in [4.69, 9.17) is 5.41 Å². The number of alkyl halides is 1. The molecule has 3 aliphatic rings. The molecular formula is C20H25FN4O3S. The molecular weight excluding hydrogens is 395 g/mol. The van der Waals surface area contributed by atoms with Crippen molar-refractivity contribution in [3.05, 3.63) is 38.9 Å². The number of hydrogen-bond acceptors (Lipinski definition) is 5. The zero-order valence-corrected chi connectivity index (χ0v) is 16.9. The minimum Gasteiger partial charge on any atom is -0.385 e. The van der Waals surface area contributed by atoms with Crippen LogP contribution < -0.4 is 15.4 Å². The quantitative estimate of drug-likeness (QED) is 0.561. The Labute approximate surface area is 169 Å². The summed E-state index contributed by atoms with van der Waals surface area (Å²) >= 11 is 0. The van der Waals surface area contributed by atoms with E-state index < -0.39 is 27.1 Å². The van der Waals surface area contributed by atoms with Crippen LogP contribution in [0.4, 0.5) is 14.9 Å². The van der Waals surface area contributed by atoms with Crippen LogP contribution in [0, 0.1) is 5.41 Å². The van der Waals surface area contributed by atoms with E-state index in [-0.39, 0.29) is 12.1 Å². The lowest BCUT2D eigenvalue weighted by Gasteiger charge is -2.23. The molecule has 2 amide bonds. The van der Waals surface area contributed by atoms with Gasteiger partial charge >= 0.3 is 6.03 Å². The van der Waals surface area contributed by atoms with Gasteiger partial charge in [-0.2, -0.15) is 0 Å². The molecule has 1 aliphatic heterocycles. The van der Waals surface area contributed by atoms with Crippen LogP contribution in [0.1, 0.15) is 47.9 Å². The molecule has 1 unspecified atom stereocenters. The van der Waals surface area contributed by atoms with Gasteiger partial charge in [-0.05, 0) is 73.6 Å². The van der Waals surface area contributed by atoms with E-state index in [0.717, 1.165) is 55.3 Å². The molecule has 0 radical (unpaired) electrons. The second-order valence-corrected chi connectivity index (χ2v) is 9.40. The van der Waals surface area contributed by atoms with Gasteiger partial charge in [0.25, 0.3) is 10.0 Å². The van der Waals surface area contributed by atoms with Crippen molar-refractivity contribution in [2.75, 3.05) is 11.9 Å². The number of amides is 2. The normalized spacial score (nSPS) is 22.3. The van der Waals surface area contributed by atoms with Crippen LogP contribution in [0.2, 0.25) is 0 Å². The van der Waals surface area contributed by atoms with Crippen molar-refractivity contribution in [1.82, 2.24) is 10.0 Å². The van der Waals surface area contributed by atoms with Crippen molar-refractivity contribution in [3.8, 4) is 0 Å². The lowest BCUT2D eigenvalue weighted by atomic mass is 9.99. The molecule has 0 spiro atoms. The first kappa shape index (κ1) is 19.9. The first-order valence-corrected chi connectivity index (χ1v) is 11.5. The highest BCUT2D eigenvalue weighted by molar-refractivity contribution is 7.94. The van der Waals surface area contributed by atoms with Gasteiger partial charge in [0, 0.05) is 18.4 Å². The van der Waals surface area contributed by atoms with Crippen LogP contribution in [-0.4, -0.2) is 33.4 Å². The Balaban J connectivity index is 1.59. The molecule has 1 fully saturated rings. The maximum atomic E-state index is 14.2. The third-order valence-electron chi connectivity index (χ3n) is 5.89. The van der Waals surface area contributed by atoms with E-state index in [0.29, 0.717) is 19.2 Å². The monoisotopic (exact) mass is 420 g/mol. The molecule has 4 N–H and O–H groups in total. The fourth-order valence-electron chi connectivity index (χ4n) is 4.58. The first-order valence-electron chi connectivity index (χ1n) is 10.0. The number of benzene rings is 1. The molecule has 1 heterocycles. The molecule has 0 bridgehead atoms. The largest absolute Gasteiger partial charge is 0.385 e. The average Bonchev–Trinajstić information content (AvgIpc) is 3.32. The molecule has 156 valence electrons. The van der Waals surface area contributed by atoms with Crippen molar-refractivity contribution in [2.24, 2.45) is 0 Å². The number of aryl methyl sites for hydroxylation is 2. The van der Waals surface area contributed by atoms with E-state index in [9.17, 15) is 17.6 Å². The van der Waals surface area contributed by atoms with Crippen LogP contribution in [-0.2, 0) is 35.7 Å². The molecule has 2 aliphatic carbocycles. The Kier molecular flexibility index (Phi) is 5.33. The maximum absolute atomic E-state index is 14.2. The SMILES string of the molecule is N=C/C(=C1\NCCCC1F)S(=O)(=O)NC(=O)Nc1c2c(cc3c1CCC3)CCC2. The summed E-state index contributed by atoms with van der Waals surface area (Å²) < 4.78 is 41.5. The van der Waals surface area contributed by atoms with Gasteiger partial charge in [-0.1, -0.05) is 6.07 Å². The topological polar surface area (TPSA) is 111 Å². The van der Waals surface area contributed by atoms with Crippen molar-refractivity contribution < 1.29 is 17.6 Å². The minimum atomic E-state index is -4.38. The smallest absolute Gasteiger partial charge is 0.333 e. The summed E-state index contributed by atoms with van der Waals surface area (Å²) in [6.07, 6.45) is 5.51. The van der Waals surface area contributed by atoms with Crippen LogP contribution >= 0.6 is 0 Å². The van der Waals surface area contributed by atoms with Crippen LogP contribution in [0.15, 0.2) is 16.7 Å². The molecule has 1 aromatic rings. The summed E-state index contributed by atoms with van der Waals surface area (Å²) in [4.78, 5) is 12.1.